The minimum absolute atomic E-state index is 0.458. The number of hydrogen-bond donors (Lipinski definition) is 1. The molecule has 0 aliphatic carbocycles. The van der Waals surface area contributed by atoms with Gasteiger partial charge < -0.3 is 5.11 Å². The van der Waals surface area contributed by atoms with E-state index in [1.165, 1.54) is 0 Å². The van der Waals surface area contributed by atoms with Gasteiger partial charge >= 0.3 is 0 Å². The molecule has 6 heteroatoms. The monoisotopic (exact) mass is 221 g/mol. The average Bonchev–Trinajstić information content (AvgIpc) is 2.86. The van der Waals surface area contributed by atoms with Crippen LogP contribution >= 0.6 is 0 Å². The van der Waals surface area contributed by atoms with E-state index in [9.17, 15) is 5.11 Å². The Morgan fingerprint density at radius 1 is 1.50 bits per heavy atom. The Bertz CT molecular complexity index is 461. The Labute approximate surface area is 93.5 Å². The lowest BCUT2D eigenvalue weighted by Crippen LogP contribution is -2.10. The van der Waals surface area contributed by atoms with E-state index in [4.69, 9.17) is 0 Å². The maximum absolute atomic E-state index is 10.0. The number of rotatable bonds is 4. The van der Waals surface area contributed by atoms with E-state index in [1.807, 2.05) is 13.0 Å². The molecule has 0 aliphatic heterocycles. The second-order valence-corrected chi connectivity index (χ2v) is 3.68. The van der Waals surface area contributed by atoms with E-state index in [-0.39, 0.29) is 0 Å². The maximum atomic E-state index is 10.0. The van der Waals surface area contributed by atoms with Gasteiger partial charge in [0.05, 0.1) is 11.4 Å². The summed E-state index contributed by atoms with van der Waals surface area (Å²) < 4.78 is 3.40. The summed E-state index contributed by atoms with van der Waals surface area (Å²) >= 11 is 0. The van der Waals surface area contributed by atoms with Crippen LogP contribution in [0.1, 0.15) is 24.4 Å². The summed E-state index contributed by atoms with van der Waals surface area (Å²) in [4.78, 5) is 0. The molecule has 6 nitrogen and oxygen atoms in total. The Kier molecular flexibility index (Phi) is 3.00. The lowest BCUT2D eigenvalue weighted by Gasteiger charge is -2.10. The Balaban J connectivity index is 2.11. The van der Waals surface area contributed by atoms with Crippen LogP contribution in [0.5, 0.6) is 0 Å². The van der Waals surface area contributed by atoms with Crippen molar-refractivity contribution < 1.29 is 5.11 Å². The Hall–Kier alpha value is -1.69. The molecule has 1 atom stereocenters. The molecule has 0 fully saturated rings. The predicted octanol–water partition coefficient (Wildman–Crippen LogP) is 0.308. The average molecular weight is 221 g/mol. The first kappa shape index (κ1) is 10.8. The first-order valence-electron chi connectivity index (χ1n) is 5.25. The molecule has 0 spiro atoms. The minimum Gasteiger partial charge on any atom is -0.386 e. The van der Waals surface area contributed by atoms with Crippen LogP contribution in [0, 0.1) is 0 Å². The van der Waals surface area contributed by atoms with Crippen LogP contribution in [0.3, 0.4) is 0 Å². The standard InChI is InChI=1S/C10H15N5O/c1-3-15-9(4-5-11-15)10(16)6-8-7-14(2)13-12-8/h4-5,7,10,16H,3,6H2,1-2H3. The van der Waals surface area contributed by atoms with Crippen molar-refractivity contribution in [1.29, 1.82) is 0 Å². The summed E-state index contributed by atoms with van der Waals surface area (Å²) in [6.07, 6.45) is 3.37. The summed E-state index contributed by atoms with van der Waals surface area (Å²) in [7, 11) is 1.80. The van der Waals surface area contributed by atoms with Crippen LogP contribution in [-0.4, -0.2) is 29.9 Å². The molecule has 2 rings (SSSR count). The number of aromatic nitrogens is 5. The third kappa shape index (κ3) is 2.11. The van der Waals surface area contributed by atoms with Crippen LogP contribution in [0.4, 0.5) is 0 Å². The molecule has 1 N–H and O–H groups in total. The van der Waals surface area contributed by atoms with E-state index >= 15 is 0 Å². The summed E-state index contributed by atoms with van der Waals surface area (Å²) in [5.41, 5.74) is 1.59. The van der Waals surface area contributed by atoms with Crippen molar-refractivity contribution in [3.05, 3.63) is 29.8 Å². The highest BCUT2D eigenvalue weighted by Crippen LogP contribution is 2.16. The van der Waals surface area contributed by atoms with Gasteiger partial charge in [0.15, 0.2) is 0 Å². The fourth-order valence-electron chi connectivity index (χ4n) is 1.68. The second kappa shape index (κ2) is 4.44. The second-order valence-electron chi connectivity index (χ2n) is 3.68. The van der Waals surface area contributed by atoms with Crippen molar-refractivity contribution in [2.45, 2.75) is 26.0 Å². The van der Waals surface area contributed by atoms with Gasteiger partial charge in [0.25, 0.3) is 0 Å². The van der Waals surface area contributed by atoms with E-state index < -0.39 is 6.10 Å². The molecule has 2 aromatic rings. The summed E-state index contributed by atoms with van der Waals surface area (Å²) in [5, 5.41) is 21.9. The maximum Gasteiger partial charge on any atom is 0.101 e. The van der Waals surface area contributed by atoms with Crippen molar-refractivity contribution >= 4 is 0 Å². The quantitative estimate of drug-likeness (QED) is 0.806. The molecule has 0 amide bonds. The highest BCUT2D eigenvalue weighted by molar-refractivity contribution is 5.08. The summed E-state index contributed by atoms with van der Waals surface area (Å²) in [5.74, 6) is 0. The highest BCUT2D eigenvalue weighted by atomic mass is 16.3. The van der Waals surface area contributed by atoms with E-state index in [0.29, 0.717) is 6.42 Å². The van der Waals surface area contributed by atoms with Crippen LogP contribution in [-0.2, 0) is 20.0 Å². The molecule has 0 saturated heterocycles. The number of aryl methyl sites for hydroxylation is 2. The topological polar surface area (TPSA) is 68.8 Å². The van der Waals surface area contributed by atoms with Crippen LogP contribution < -0.4 is 0 Å². The number of nitrogens with zero attached hydrogens (tertiary/aromatic N) is 5. The number of hydrogen-bond acceptors (Lipinski definition) is 4. The number of aliphatic hydroxyl groups is 1. The predicted molar refractivity (Wildman–Crippen MR) is 57.6 cm³/mol. The lowest BCUT2D eigenvalue weighted by molar-refractivity contribution is 0.166. The van der Waals surface area contributed by atoms with Gasteiger partial charge in [-0.1, -0.05) is 5.21 Å². The fourth-order valence-corrected chi connectivity index (χ4v) is 1.68. The fraction of sp³-hybridized carbons (Fsp3) is 0.500. The van der Waals surface area contributed by atoms with Gasteiger partial charge in [-0.15, -0.1) is 5.10 Å². The van der Waals surface area contributed by atoms with E-state index in [0.717, 1.165) is 17.9 Å². The molecular weight excluding hydrogens is 206 g/mol. The molecular formula is C10H15N5O. The van der Waals surface area contributed by atoms with Gasteiger partial charge in [-0.3, -0.25) is 9.36 Å². The van der Waals surface area contributed by atoms with Crippen molar-refractivity contribution in [3.63, 3.8) is 0 Å². The zero-order valence-electron chi connectivity index (χ0n) is 9.41. The van der Waals surface area contributed by atoms with Gasteiger partial charge in [0, 0.05) is 32.4 Å². The van der Waals surface area contributed by atoms with Crippen molar-refractivity contribution in [2.24, 2.45) is 7.05 Å². The largest absolute Gasteiger partial charge is 0.386 e. The Morgan fingerprint density at radius 3 is 2.94 bits per heavy atom. The smallest absolute Gasteiger partial charge is 0.101 e. The molecule has 0 bridgehead atoms. The molecule has 0 saturated carbocycles. The van der Waals surface area contributed by atoms with Gasteiger partial charge in [0.2, 0.25) is 0 Å². The van der Waals surface area contributed by atoms with Crippen LogP contribution in [0.15, 0.2) is 18.5 Å². The molecule has 0 aromatic carbocycles. The zero-order valence-corrected chi connectivity index (χ0v) is 9.41. The molecule has 86 valence electrons. The molecule has 1 unspecified atom stereocenters. The van der Waals surface area contributed by atoms with E-state index in [1.54, 1.807) is 28.8 Å². The van der Waals surface area contributed by atoms with Crippen molar-refractivity contribution in [2.75, 3.05) is 0 Å². The van der Waals surface area contributed by atoms with Gasteiger partial charge in [-0.25, -0.2) is 0 Å². The molecule has 0 aliphatic rings. The molecule has 16 heavy (non-hydrogen) atoms. The highest BCUT2D eigenvalue weighted by Gasteiger charge is 2.14. The minimum atomic E-state index is -0.584. The van der Waals surface area contributed by atoms with Gasteiger partial charge in [-0.05, 0) is 13.0 Å². The molecule has 2 heterocycles. The van der Waals surface area contributed by atoms with Crippen LogP contribution in [0.25, 0.3) is 0 Å². The summed E-state index contributed by atoms with van der Waals surface area (Å²) in [6, 6.07) is 1.82. The summed E-state index contributed by atoms with van der Waals surface area (Å²) in [6.45, 7) is 2.74. The van der Waals surface area contributed by atoms with Gasteiger partial charge in [-0.2, -0.15) is 5.10 Å². The normalized spacial score (nSPS) is 12.9. The van der Waals surface area contributed by atoms with E-state index in [2.05, 4.69) is 15.4 Å². The third-order valence-corrected chi connectivity index (χ3v) is 2.44. The third-order valence-electron chi connectivity index (χ3n) is 2.44. The van der Waals surface area contributed by atoms with Gasteiger partial charge in [0.1, 0.15) is 6.10 Å². The van der Waals surface area contributed by atoms with Crippen LogP contribution in [0.2, 0.25) is 0 Å². The number of aliphatic hydroxyl groups excluding tert-OH is 1. The SMILES string of the molecule is CCn1nccc1C(O)Cc1cn(C)nn1. The molecule has 0 radical (unpaired) electrons. The van der Waals surface area contributed by atoms with Crippen molar-refractivity contribution in [1.82, 2.24) is 24.8 Å². The molecule has 2 aromatic heterocycles. The zero-order chi connectivity index (χ0) is 11.5. The Morgan fingerprint density at radius 2 is 2.31 bits per heavy atom. The first-order valence-corrected chi connectivity index (χ1v) is 5.25. The first-order chi connectivity index (χ1) is 7.70. The van der Waals surface area contributed by atoms with Crippen molar-refractivity contribution in [3.8, 4) is 0 Å². The lowest BCUT2D eigenvalue weighted by atomic mass is 10.1.